The van der Waals surface area contributed by atoms with Crippen molar-refractivity contribution in [3.8, 4) is 0 Å². The van der Waals surface area contributed by atoms with E-state index in [-0.39, 0.29) is 25.4 Å². The van der Waals surface area contributed by atoms with Crippen LogP contribution in [0.4, 0.5) is 5.69 Å². The zero-order valence-electron chi connectivity index (χ0n) is 26.8. The molecule has 3 aromatic carbocycles. The number of nitrogens with one attached hydrogen (secondary N) is 3. The van der Waals surface area contributed by atoms with E-state index in [0.717, 1.165) is 29.2 Å². The number of amides is 3. The van der Waals surface area contributed by atoms with Crippen molar-refractivity contribution >= 4 is 40.2 Å². The standard InChI is InChI=1S/C38H45N3O6/c1-3-12-30(24-34(43)41-38(26-42)20-10-11-21-38)35(44)40-33(36(45)39-32-19-18-28-16-8-9-17-29(28)23-32)25-47-37(46)31(13-4-2)22-27-14-6-5-7-15-27/h3-9,14-19,23,30-31,33,42H,1-2,10-13,20-22,24-26H2,(H,39,45)(H,40,44)(H,41,43)/t30-,31+,33+/m1/s1. The number of anilines is 1. The summed E-state index contributed by atoms with van der Waals surface area (Å²) in [5.74, 6) is -3.36. The highest BCUT2D eigenvalue weighted by Crippen LogP contribution is 2.29. The Balaban J connectivity index is 1.49. The number of hydrogen-bond donors (Lipinski definition) is 4. The van der Waals surface area contributed by atoms with Gasteiger partial charge in [-0.25, -0.2) is 0 Å². The van der Waals surface area contributed by atoms with E-state index in [1.54, 1.807) is 18.2 Å². The lowest BCUT2D eigenvalue weighted by atomic mass is 9.95. The van der Waals surface area contributed by atoms with E-state index in [4.69, 9.17) is 4.74 Å². The first kappa shape index (κ1) is 35.1. The van der Waals surface area contributed by atoms with Crippen LogP contribution >= 0.6 is 0 Å². The molecule has 4 N–H and O–H groups in total. The van der Waals surface area contributed by atoms with Crippen molar-refractivity contribution in [3.05, 3.63) is 104 Å². The lowest BCUT2D eigenvalue weighted by molar-refractivity contribution is -0.150. The van der Waals surface area contributed by atoms with Crippen LogP contribution in [0.5, 0.6) is 0 Å². The Kier molecular flexibility index (Phi) is 12.9. The van der Waals surface area contributed by atoms with Gasteiger partial charge < -0.3 is 25.8 Å². The second-order valence-corrected chi connectivity index (χ2v) is 12.3. The number of ether oxygens (including phenoxy) is 1. The maximum atomic E-state index is 13.6. The molecular weight excluding hydrogens is 594 g/mol. The van der Waals surface area contributed by atoms with Crippen LogP contribution in [-0.4, -0.2) is 53.6 Å². The predicted octanol–water partition coefficient (Wildman–Crippen LogP) is 5.25. The molecule has 0 unspecified atom stereocenters. The minimum atomic E-state index is -1.24. The van der Waals surface area contributed by atoms with Crippen LogP contribution in [0, 0.1) is 11.8 Å². The van der Waals surface area contributed by atoms with Gasteiger partial charge in [0, 0.05) is 12.1 Å². The highest BCUT2D eigenvalue weighted by Gasteiger charge is 2.36. The van der Waals surface area contributed by atoms with Gasteiger partial charge in [0.05, 0.1) is 24.0 Å². The van der Waals surface area contributed by atoms with Gasteiger partial charge in [-0.3, -0.25) is 19.2 Å². The lowest BCUT2D eigenvalue weighted by Crippen LogP contribution is -2.52. The second-order valence-electron chi connectivity index (χ2n) is 12.3. The van der Waals surface area contributed by atoms with Crippen molar-refractivity contribution in [2.45, 2.75) is 62.9 Å². The number of rotatable bonds is 17. The Bertz CT molecular complexity index is 1550. The smallest absolute Gasteiger partial charge is 0.309 e. The van der Waals surface area contributed by atoms with Gasteiger partial charge in [-0.05, 0) is 60.6 Å². The van der Waals surface area contributed by atoms with Crippen LogP contribution in [0.15, 0.2) is 98.1 Å². The molecule has 0 aromatic heterocycles. The van der Waals surface area contributed by atoms with E-state index in [9.17, 15) is 24.3 Å². The summed E-state index contributed by atoms with van der Waals surface area (Å²) in [6.07, 6.45) is 7.18. The quantitative estimate of drug-likeness (QED) is 0.118. The molecule has 0 heterocycles. The van der Waals surface area contributed by atoms with Crippen molar-refractivity contribution in [1.82, 2.24) is 10.6 Å². The number of aliphatic hydroxyl groups is 1. The van der Waals surface area contributed by atoms with Gasteiger partial charge in [0.1, 0.15) is 12.6 Å². The molecule has 9 heteroatoms. The molecule has 1 fully saturated rings. The molecule has 248 valence electrons. The van der Waals surface area contributed by atoms with E-state index in [1.165, 1.54) is 0 Å². The van der Waals surface area contributed by atoms with Crippen molar-refractivity contribution in [3.63, 3.8) is 0 Å². The summed E-state index contributed by atoms with van der Waals surface area (Å²) in [4.78, 5) is 53.5. The Labute approximate surface area is 276 Å². The molecular formula is C38H45N3O6. The third-order valence-corrected chi connectivity index (χ3v) is 8.67. The first-order valence-corrected chi connectivity index (χ1v) is 16.2. The third kappa shape index (κ3) is 10.1. The summed E-state index contributed by atoms with van der Waals surface area (Å²) >= 11 is 0. The average molecular weight is 640 g/mol. The third-order valence-electron chi connectivity index (χ3n) is 8.67. The summed E-state index contributed by atoms with van der Waals surface area (Å²) in [6, 6.07) is 21.5. The van der Waals surface area contributed by atoms with E-state index in [0.29, 0.717) is 31.4 Å². The predicted molar refractivity (Wildman–Crippen MR) is 183 cm³/mol. The van der Waals surface area contributed by atoms with E-state index in [2.05, 4.69) is 29.1 Å². The Morgan fingerprint density at radius 2 is 1.51 bits per heavy atom. The monoisotopic (exact) mass is 639 g/mol. The minimum absolute atomic E-state index is 0.156. The fourth-order valence-corrected chi connectivity index (χ4v) is 6.04. The number of allylic oxidation sites excluding steroid dienone is 2. The second kappa shape index (κ2) is 17.2. The maximum Gasteiger partial charge on any atom is 0.309 e. The molecule has 0 radical (unpaired) electrons. The van der Waals surface area contributed by atoms with Crippen LogP contribution in [0.2, 0.25) is 0 Å². The molecule has 0 bridgehead atoms. The SMILES string of the molecule is C=CC[C@H](CC(=O)NC1(CO)CCCC1)C(=O)N[C@@H](COC(=O)[C@@H](CC=C)Cc1ccccc1)C(=O)Nc1ccc2ccccc2c1. The van der Waals surface area contributed by atoms with Crippen LogP contribution in [0.3, 0.4) is 0 Å². The summed E-state index contributed by atoms with van der Waals surface area (Å²) in [7, 11) is 0. The molecule has 1 aliphatic carbocycles. The Hall–Kier alpha value is -4.76. The van der Waals surface area contributed by atoms with Gasteiger partial charge in [-0.2, -0.15) is 0 Å². The van der Waals surface area contributed by atoms with Gasteiger partial charge in [0.2, 0.25) is 11.8 Å². The number of fused-ring (bicyclic) bond motifs is 1. The average Bonchev–Trinajstić information content (AvgIpc) is 3.55. The molecule has 4 rings (SSSR count). The number of carbonyl (C=O) groups excluding carboxylic acids is 4. The minimum Gasteiger partial charge on any atom is -0.463 e. The molecule has 0 spiro atoms. The zero-order valence-corrected chi connectivity index (χ0v) is 26.8. The van der Waals surface area contributed by atoms with Gasteiger partial charge in [0.15, 0.2) is 0 Å². The number of hydrogen-bond acceptors (Lipinski definition) is 6. The normalized spacial score (nSPS) is 15.5. The van der Waals surface area contributed by atoms with Gasteiger partial charge in [-0.1, -0.05) is 85.7 Å². The van der Waals surface area contributed by atoms with Crippen LogP contribution in [0.25, 0.3) is 10.8 Å². The highest BCUT2D eigenvalue weighted by atomic mass is 16.5. The number of benzene rings is 3. The van der Waals surface area contributed by atoms with Gasteiger partial charge in [0.25, 0.3) is 5.91 Å². The van der Waals surface area contributed by atoms with Gasteiger partial charge in [-0.15, -0.1) is 13.2 Å². The van der Waals surface area contributed by atoms with E-state index >= 15 is 0 Å². The maximum absolute atomic E-state index is 13.6. The topological polar surface area (TPSA) is 134 Å². The largest absolute Gasteiger partial charge is 0.463 e. The molecule has 0 aliphatic heterocycles. The molecule has 1 aliphatic rings. The molecule has 3 atom stereocenters. The Morgan fingerprint density at radius 3 is 2.19 bits per heavy atom. The van der Waals surface area contributed by atoms with Crippen molar-refractivity contribution in [2.75, 3.05) is 18.5 Å². The highest BCUT2D eigenvalue weighted by molar-refractivity contribution is 5.99. The van der Waals surface area contributed by atoms with Crippen LogP contribution in [0.1, 0.15) is 50.5 Å². The van der Waals surface area contributed by atoms with Gasteiger partial charge >= 0.3 is 5.97 Å². The molecule has 3 amide bonds. The first-order chi connectivity index (χ1) is 22.8. The number of aliphatic hydroxyl groups excluding tert-OH is 1. The summed E-state index contributed by atoms with van der Waals surface area (Å²) < 4.78 is 5.67. The van der Waals surface area contributed by atoms with Crippen molar-refractivity contribution in [2.24, 2.45) is 11.8 Å². The molecule has 47 heavy (non-hydrogen) atoms. The van der Waals surface area contributed by atoms with E-state index in [1.807, 2.05) is 66.7 Å². The zero-order chi connectivity index (χ0) is 33.6. The fourth-order valence-electron chi connectivity index (χ4n) is 6.04. The summed E-state index contributed by atoms with van der Waals surface area (Å²) in [5.41, 5.74) is 0.798. The van der Waals surface area contributed by atoms with Crippen LogP contribution in [-0.2, 0) is 30.3 Å². The first-order valence-electron chi connectivity index (χ1n) is 16.2. The lowest BCUT2D eigenvalue weighted by Gasteiger charge is -2.29. The van der Waals surface area contributed by atoms with Crippen molar-refractivity contribution < 1.29 is 29.0 Å². The Morgan fingerprint density at radius 1 is 0.851 bits per heavy atom. The number of esters is 1. The van der Waals surface area contributed by atoms with Crippen LogP contribution < -0.4 is 16.0 Å². The van der Waals surface area contributed by atoms with Crippen molar-refractivity contribution in [1.29, 1.82) is 0 Å². The fraction of sp³-hybridized carbons (Fsp3) is 0.368. The molecule has 3 aromatic rings. The molecule has 1 saturated carbocycles. The number of carbonyl (C=O) groups is 4. The summed E-state index contributed by atoms with van der Waals surface area (Å²) in [6.45, 7) is 6.94. The molecule has 9 nitrogen and oxygen atoms in total. The van der Waals surface area contributed by atoms with E-state index < -0.39 is 47.8 Å². The molecule has 0 saturated heterocycles. The summed E-state index contributed by atoms with van der Waals surface area (Å²) in [5, 5.41) is 20.4.